The quantitative estimate of drug-likeness (QED) is 0.343. The van der Waals surface area contributed by atoms with Gasteiger partial charge in [0, 0.05) is 44.5 Å². The normalized spacial score (nSPS) is 17.0. The fourth-order valence-corrected chi connectivity index (χ4v) is 4.79. The lowest BCUT2D eigenvalue weighted by atomic mass is 10.2. The Morgan fingerprint density at radius 1 is 1.13 bits per heavy atom. The topological polar surface area (TPSA) is 90.2 Å². The molecule has 198 valence electrons. The van der Waals surface area contributed by atoms with Crippen LogP contribution in [0.4, 0.5) is 4.39 Å². The highest BCUT2D eigenvalue weighted by Crippen LogP contribution is 2.41. The van der Waals surface area contributed by atoms with Crippen molar-refractivity contribution in [3.05, 3.63) is 59.4 Å². The molecule has 38 heavy (non-hydrogen) atoms. The van der Waals surface area contributed by atoms with E-state index in [1.54, 1.807) is 22.9 Å². The molecule has 0 radical (unpaired) electrons. The Hall–Kier alpha value is -3.34. The van der Waals surface area contributed by atoms with Gasteiger partial charge in [-0.25, -0.2) is 14.4 Å². The molecule has 1 N–H and O–H groups in total. The molecule has 6 rings (SSSR count). The molecule has 4 heterocycles. The maximum Gasteiger partial charge on any atom is 0.245 e. The zero-order chi connectivity index (χ0) is 26.1. The first kappa shape index (κ1) is 25.0. The van der Waals surface area contributed by atoms with Crippen LogP contribution in [0.15, 0.2) is 42.9 Å². The molecule has 2 fully saturated rings. The van der Waals surface area contributed by atoms with Crippen LogP contribution in [-0.2, 0) is 6.54 Å². The number of hydrogen-bond donors (Lipinski definition) is 1. The largest absolute Gasteiger partial charge is 0.492 e. The SMILES string of the molecule is CC1(Oc2ncnc3c2nc(-c2ccc(OCCN4CCNCC4)cc2Cl)n3Cc2ncccc2F)CC1. The molecule has 9 nitrogen and oxygen atoms in total. The van der Waals surface area contributed by atoms with E-state index in [4.69, 9.17) is 26.1 Å². The number of rotatable bonds is 9. The van der Waals surface area contributed by atoms with E-state index < -0.39 is 5.82 Å². The Balaban J connectivity index is 1.33. The number of piperazine rings is 1. The van der Waals surface area contributed by atoms with Crippen LogP contribution < -0.4 is 14.8 Å². The zero-order valence-corrected chi connectivity index (χ0v) is 21.9. The smallest absolute Gasteiger partial charge is 0.245 e. The fraction of sp³-hybridized carbons (Fsp3) is 0.407. The monoisotopic (exact) mass is 537 g/mol. The van der Waals surface area contributed by atoms with Crippen LogP contribution in [0.2, 0.25) is 5.02 Å². The van der Waals surface area contributed by atoms with Crippen molar-refractivity contribution in [2.24, 2.45) is 0 Å². The first-order valence-corrected chi connectivity index (χ1v) is 13.2. The second kappa shape index (κ2) is 10.4. The van der Waals surface area contributed by atoms with E-state index in [0.29, 0.717) is 45.8 Å². The minimum atomic E-state index is -0.407. The molecule has 1 aromatic carbocycles. The number of halogens is 2. The summed E-state index contributed by atoms with van der Waals surface area (Å²) in [6.07, 6.45) is 4.91. The third kappa shape index (κ3) is 5.29. The molecule has 11 heteroatoms. The van der Waals surface area contributed by atoms with Gasteiger partial charge in [-0.3, -0.25) is 9.88 Å². The lowest BCUT2D eigenvalue weighted by molar-refractivity contribution is 0.191. The van der Waals surface area contributed by atoms with Crippen LogP contribution in [0.1, 0.15) is 25.5 Å². The molecular formula is C27H29ClFN7O2. The predicted octanol–water partition coefficient (Wildman–Crippen LogP) is 3.94. The van der Waals surface area contributed by atoms with E-state index in [0.717, 1.165) is 45.6 Å². The van der Waals surface area contributed by atoms with Gasteiger partial charge in [0.2, 0.25) is 5.88 Å². The number of imidazole rings is 1. The highest BCUT2D eigenvalue weighted by molar-refractivity contribution is 6.33. The van der Waals surface area contributed by atoms with E-state index in [-0.39, 0.29) is 17.8 Å². The fourth-order valence-electron chi connectivity index (χ4n) is 4.54. The highest BCUT2D eigenvalue weighted by Gasteiger charge is 2.41. The average molecular weight is 538 g/mol. The number of hydrogen-bond acceptors (Lipinski definition) is 8. The number of pyridine rings is 1. The maximum atomic E-state index is 14.6. The van der Waals surface area contributed by atoms with Gasteiger partial charge in [0.15, 0.2) is 11.2 Å². The van der Waals surface area contributed by atoms with E-state index in [1.807, 2.05) is 19.1 Å². The van der Waals surface area contributed by atoms with Gasteiger partial charge in [-0.2, -0.15) is 4.98 Å². The van der Waals surface area contributed by atoms with Gasteiger partial charge >= 0.3 is 0 Å². The zero-order valence-electron chi connectivity index (χ0n) is 21.2. The van der Waals surface area contributed by atoms with Crippen LogP contribution in [0.25, 0.3) is 22.6 Å². The molecule has 1 aliphatic heterocycles. The summed E-state index contributed by atoms with van der Waals surface area (Å²) < 4.78 is 28.6. The Morgan fingerprint density at radius 2 is 1.97 bits per heavy atom. The van der Waals surface area contributed by atoms with Gasteiger partial charge in [0.25, 0.3) is 0 Å². The van der Waals surface area contributed by atoms with Gasteiger partial charge in [0.05, 0.1) is 17.3 Å². The van der Waals surface area contributed by atoms with Crippen molar-refractivity contribution in [3.63, 3.8) is 0 Å². The summed E-state index contributed by atoms with van der Waals surface area (Å²) in [6, 6.07) is 8.48. The van der Waals surface area contributed by atoms with Crippen molar-refractivity contribution in [1.82, 2.24) is 34.7 Å². The van der Waals surface area contributed by atoms with Gasteiger partial charge in [-0.1, -0.05) is 11.6 Å². The number of ether oxygens (including phenoxy) is 2. The van der Waals surface area contributed by atoms with Crippen molar-refractivity contribution >= 4 is 22.8 Å². The molecular weight excluding hydrogens is 509 g/mol. The lowest BCUT2D eigenvalue weighted by Crippen LogP contribution is -2.44. The summed E-state index contributed by atoms with van der Waals surface area (Å²) in [7, 11) is 0. The second-order valence-corrected chi connectivity index (χ2v) is 10.3. The molecule has 1 aliphatic carbocycles. The van der Waals surface area contributed by atoms with Crippen LogP contribution in [0.3, 0.4) is 0 Å². The summed E-state index contributed by atoms with van der Waals surface area (Å²) in [5.74, 6) is 1.20. The first-order valence-electron chi connectivity index (χ1n) is 12.8. The maximum absolute atomic E-state index is 14.6. The first-order chi connectivity index (χ1) is 18.5. The highest BCUT2D eigenvalue weighted by atomic mass is 35.5. The lowest BCUT2D eigenvalue weighted by Gasteiger charge is -2.26. The number of aromatic nitrogens is 5. The van der Waals surface area contributed by atoms with Crippen molar-refractivity contribution in [2.75, 3.05) is 39.3 Å². The van der Waals surface area contributed by atoms with E-state index in [1.165, 1.54) is 12.4 Å². The van der Waals surface area contributed by atoms with E-state index in [9.17, 15) is 4.39 Å². The standard InChI is InChI=1S/C27H29ClFN7O2/c1-27(6-7-27)38-26-23-25(32-17-33-26)36(16-22-21(29)3-2-8-31-22)24(34-23)19-5-4-18(15-20(19)28)37-14-13-35-11-9-30-10-12-35/h2-5,8,15,17,30H,6-7,9-14,16H2,1H3. The molecule has 0 atom stereocenters. The molecule has 2 aliphatic rings. The summed E-state index contributed by atoms with van der Waals surface area (Å²) >= 11 is 6.77. The second-order valence-electron chi connectivity index (χ2n) is 9.94. The molecule has 1 saturated heterocycles. The van der Waals surface area contributed by atoms with Crippen molar-refractivity contribution < 1.29 is 13.9 Å². The molecule has 0 amide bonds. The Labute approximate surface area is 225 Å². The number of benzene rings is 1. The summed E-state index contributed by atoms with van der Waals surface area (Å²) in [5.41, 5.74) is 1.71. The summed E-state index contributed by atoms with van der Waals surface area (Å²) in [5, 5.41) is 3.82. The molecule has 0 bridgehead atoms. The third-order valence-electron chi connectivity index (χ3n) is 7.01. The summed E-state index contributed by atoms with van der Waals surface area (Å²) in [4.78, 5) is 20.3. The van der Waals surface area contributed by atoms with Gasteiger partial charge in [0.1, 0.15) is 35.9 Å². The molecule has 0 spiro atoms. The van der Waals surface area contributed by atoms with Gasteiger partial charge in [-0.05, 0) is 50.1 Å². The molecule has 1 saturated carbocycles. The van der Waals surface area contributed by atoms with E-state index in [2.05, 4.69) is 25.2 Å². The number of nitrogens with one attached hydrogen (secondary N) is 1. The van der Waals surface area contributed by atoms with Crippen LogP contribution in [0.5, 0.6) is 11.6 Å². The van der Waals surface area contributed by atoms with Crippen molar-refractivity contribution in [1.29, 1.82) is 0 Å². The van der Waals surface area contributed by atoms with Gasteiger partial charge in [-0.15, -0.1) is 0 Å². The average Bonchev–Trinajstić information content (AvgIpc) is 3.53. The number of nitrogens with zero attached hydrogens (tertiary/aromatic N) is 6. The van der Waals surface area contributed by atoms with Crippen LogP contribution >= 0.6 is 11.6 Å². The predicted molar refractivity (Wildman–Crippen MR) is 142 cm³/mol. The molecule has 3 aromatic heterocycles. The minimum absolute atomic E-state index is 0.117. The van der Waals surface area contributed by atoms with Crippen LogP contribution in [0, 0.1) is 5.82 Å². The van der Waals surface area contributed by atoms with E-state index >= 15 is 0 Å². The van der Waals surface area contributed by atoms with Crippen LogP contribution in [-0.4, -0.2) is 74.3 Å². The third-order valence-corrected chi connectivity index (χ3v) is 7.32. The Morgan fingerprint density at radius 3 is 2.74 bits per heavy atom. The summed E-state index contributed by atoms with van der Waals surface area (Å²) in [6.45, 7) is 7.62. The van der Waals surface area contributed by atoms with Gasteiger partial charge < -0.3 is 19.4 Å². The molecule has 4 aromatic rings. The minimum Gasteiger partial charge on any atom is -0.492 e. The van der Waals surface area contributed by atoms with Crippen molar-refractivity contribution in [3.8, 4) is 23.0 Å². The Kier molecular flexibility index (Phi) is 6.86. The molecule has 0 unspecified atom stereocenters. The Bertz CT molecular complexity index is 1450. The number of fused-ring (bicyclic) bond motifs is 1. The van der Waals surface area contributed by atoms with Crippen molar-refractivity contribution in [2.45, 2.75) is 31.9 Å².